The van der Waals surface area contributed by atoms with Crippen LogP contribution in [-0.4, -0.2) is 44.4 Å². The van der Waals surface area contributed by atoms with E-state index >= 15 is 0 Å². The Balaban J connectivity index is 1.67. The minimum Gasteiger partial charge on any atom is -0.396 e. The normalized spacial score (nSPS) is 21.6. The van der Waals surface area contributed by atoms with E-state index in [-0.39, 0.29) is 6.61 Å². The summed E-state index contributed by atoms with van der Waals surface area (Å²) in [6.45, 7) is 1.12. The van der Waals surface area contributed by atoms with E-state index in [0.29, 0.717) is 17.9 Å². The quantitative estimate of drug-likeness (QED) is 0.904. The molecule has 3 heterocycles. The third kappa shape index (κ3) is 2.93. The van der Waals surface area contributed by atoms with Crippen molar-refractivity contribution in [1.82, 2.24) is 20.1 Å². The van der Waals surface area contributed by atoms with E-state index in [2.05, 4.69) is 25.0 Å². The molecule has 2 aliphatic rings. The Morgan fingerprint density at radius 3 is 3.00 bits per heavy atom. The third-order valence-corrected chi connectivity index (χ3v) is 4.67. The van der Waals surface area contributed by atoms with Gasteiger partial charge in [0.1, 0.15) is 17.7 Å². The number of hydrogen-bond acceptors (Lipinski definition) is 7. The van der Waals surface area contributed by atoms with Crippen LogP contribution in [0.15, 0.2) is 17.0 Å². The Morgan fingerprint density at radius 1 is 1.26 bits per heavy atom. The predicted molar refractivity (Wildman–Crippen MR) is 84.0 cm³/mol. The molecule has 122 valence electrons. The molecule has 7 nitrogen and oxygen atoms in total. The molecule has 2 fully saturated rings. The number of hydrogen-bond donors (Lipinski definition) is 1. The van der Waals surface area contributed by atoms with Crippen molar-refractivity contribution in [1.29, 1.82) is 0 Å². The molecule has 7 heteroatoms. The Labute approximate surface area is 134 Å². The summed E-state index contributed by atoms with van der Waals surface area (Å²) in [6, 6.07) is 0.299. The fourth-order valence-corrected chi connectivity index (χ4v) is 3.28. The second-order valence-corrected chi connectivity index (χ2v) is 6.35. The van der Waals surface area contributed by atoms with Gasteiger partial charge in [-0.1, -0.05) is 5.16 Å². The second kappa shape index (κ2) is 6.23. The molecule has 1 aliphatic carbocycles. The van der Waals surface area contributed by atoms with Crippen molar-refractivity contribution in [2.45, 2.75) is 50.5 Å². The monoisotopic (exact) mass is 315 g/mol. The Kier molecular flexibility index (Phi) is 3.95. The minimum atomic E-state index is 0.188. The van der Waals surface area contributed by atoms with Crippen LogP contribution in [0.1, 0.15) is 50.3 Å². The van der Waals surface area contributed by atoms with E-state index in [1.165, 1.54) is 6.42 Å². The van der Waals surface area contributed by atoms with Crippen LogP contribution in [0.5, 0.6) is 0 Å². The molecule has 1 aliphatic heterocycles. The summed E-state index contributed by atoms with van der Waals surface area (Å²) in [5.41, 5.74) is 0.789. The molecule has 1 saturated heterocycles. The molecule has 0 amide bonds. The predicted octanol–water partition coefficient (Wildman–Crippen LogP) is 2.15. The smallest absolute Gasteiger partial charge is 0.263 e. The van der Waals surface area contributed by atoms with Gasteiger partial charge in [0, 0.05) is 31.3 Å². The number of rotatable bonds is 5. The SMILES string of the molecule is OCC[C@@H]1CCCCN1c1ncncc1-c1nc(C2CC2)no1. The molecule has 1 N–H and O–H groups in total. The largest absolute Gasteiger partial charge is 0.396 e. The topological polar surface area (TPSA) is 88.2 Å². The van der Waals surface area contributed by atoms with Crippen molar-refractivity contribution in [3.8, 4) is 11.5 Å². The molecule has 0 spiro atoms. The molecule has 23 heavy (non-hydrogen) atoms. The van der Waals surface area contributed by atoms with Crippen molar-refractivity contribution in [3.05, 3.63) is 18.3 Å². The van der Waals surface area contributed by atoms with Gasteiger partial charge in [0.15, 0.2) is 5.82 Å². The maximum absolute atomic E-state index is 9.34. The number of anilines is 1. The molecule has 1 saturated carbocycles. The van der Waals surface area contributed by atoms with Gasteiger partial charge < -0.3 is 14.5 Å². The van der Waals surface area contributed by atoms with Crippen molar-refractivity contribution in [2.24, 2.45) is 0 Å². The molecular formula is C16H21N5O2. The summed E-state index contributed by atoms with van der Waals surface area (Å²) in [7, 11) is 0. The van der Waals surface area contributed by atoms with Crippen LogP contribution in [0.3, 0.4) is 0 Å². The van der Waals surface area contributed by atoms with E-state index < -0.39 is 0 Å². The van der Waals surface area contributed by atoms with Crippen molar-refractivity contribution in [2.75, 3.05) is 18.1 Å². The molecule has 2 aromatic rings. The van der Waals surface area contributed by atoms with Crippen LogP contribution in [0.4, 0.5) is 5.82 Å². The van der Waals surface area contributed by atoms with Gasteiger partial charge in [0.25, 0.3) is 5.89 Å². The lowest BCUT2D eigenvalue weighted by Crippen LogP contribution is -2.41. The zero-order valence-electron chi connectivity index (χ0n) is 13.1. The first-order valence-electron chi connectivity index (χ1n) is 8.38. The highest BCUT2D eigenvalue weighted by atomic mass is 16.5. The first-order chi connectivity index (χ1) is 11.4. The van der Waals surface area contributed by atoms with Crippen LogP contribution in [0.2, 0.25) is 0 Å². The van der Waals surface area contributed by atoms with Gasteiger partial charge in [-0.15, -0.1) is 0 Å². The summed E-state index contributed by atoms with van der Waals surface area (Å²) in [4.78, 5) is 15.4. The van der Waals surface area contributed by atoms with E-state index in [1.807, 2.05) is 0 Å². The van der Waals surface area contributed by atoms with Gasteiger partial charge in [-0.05, 0) is 38.5 Å². The highest BCUT2D eigenvalue weighted by Crippen LogP contribution is 2.39. The van der Waals surface area contributed by atoms with Crippen LogP contribution in [0.25, 0.3) is 11.5 Å². The average molecular weight is 315 g/mol. The third-order valence-electron chi connectivity index (χ3n) is 4.67. The molecule has 0 unspecified atom stereocenters. The zero-order chi connectivity index (χ0) is 15.6. The Hall–Kier alpha value is -2.02. The molecule has 2 aromatic heterocycles. The van der Waals surface area contributed by atoms with Crippen LogP contribution < -0.4 is 4.90 Å². The average Bonchev–Trinajstić information content (AvgIpc) is 3.33. The second-order valence-electron chi connectivity index (χ2n) is 6.35. The van der Waals surface area contributed by atoms with Gasteiger partial charge in [-0.2, -0.15) is 4.98 Å². The summed E-state index contributed by atoms with van der Waals surface area (Å²) in [5.74, 6) is 2.58. The molecule has 1 atom stereocenters. The maximum atomic E-state index is 9.34. The van der Waals surface area contributed by atoms with Gasteiger partial charge in [0.2, 0.25) is 0 Å². The van der Waals surface area contributed by atoms with Crippen LogP contribution in [0, 0.1) is 0 Å². The van der Waals surface area contributed by atoms with Gasteiger partial charge >= 0.3 is 0 Å². The minimum absolute atomic E-state index is 0.188. The summed E-state index contributed by atoms with van der Waals surface area (Å²) < 4.78 is 5.46. The Bertz CT molecular complexity index is 668. The molecular weight excluding hydrogens is 294 g/mol. The lowest BCUT2D eigenvalue weighted by molar-refractivity contribution is 0.262. The number of aliphatic hydroxyl groups excluding tert-OH is 1. The summed E-state index contributed by atoms with van der Waals surface area (Å²) >= 11 is 0. The van der Waals surface area contributed by atoms with Gasteiger partial charge in [-0.25, -0.2) is 9.97 Å². The molecule has 4 rings (SSSR count). The fraction of sp³-hybridized carbons (Fsp3) is 0.625. The van der Waals surface area contributed by atoms with Crippen LogP contribution >= 0.6 is 0 Å². The highest BCUT2D eigenvalue weighted by Gasteiger charge is 2.31. The van der Waals surface area contributed by atoms with E-state index in [4.69, 9.17) is 4.52 Å². The number of piperidine rings is 1. The standard InChI is InChI=1S/C16H21N5O2/c22-8-6-12-3-1-2-7-21(12)15-13(9-17-10-18-15)16-19-14(20-23-16)11-4-5-11/h9-12,22H,1-8H2/t12-/m0/s1. The van der Waals surface area contributed by atoms with Crippen LogP contribution in [-0.2, 0) is 0 Å². The zero-order valence-corrected chi connectivity index (χ0v) is 13.1. The first kappa shape index (κ1) is 14.6. The van der Waals surface area contributed by atoms with E-state index in [0.717, 1.165) is 55.9 Å². The first-order valence-corrected chi connectivity index (χ1v) is 8.38. The van der Waals surface area contributed by atoms with E-state index in [1.54, 1.807) is 12.5 Å². The van der Waals surface area contributed by atoms with Gasteiger partial charge in [0.05, 0.1) is 0 Å². The van der Waals surface area contributed by atoms with Crippen molar-refractivity contribution < 1.29 is 9.63 Å². The number of aliphatic hydroxyl groups is 1. The molecule has 0 radical (unpaired) electrons. The molecule has 0 bridgehead atoms. The lowest BCUT2D eigenvalue weighted by atomic mass is 9.99. The van der Waals surface area contributed by atoms with Crippen molar-refractivity contribution in [3.63, 3.8) is 0 Å². The maximum Gasteiger partial charge on any atom is 0.263 e. The summed E-state index contributed by atoms with van der Waals surface area (Å²) in [5, 5.41) is 13.4. The molecule has 0 aromatic carbocycles. The highest BCUT2D eigenvalue weighted by molar-refractivity contribution is 5.69. The summed E-state index contributed by atoms with van der Waals surface area (Å²) in [6.07, 6.45) is 9.72. The lowest BCUT2D eigenvalue weighted by Gasteiger charge is -2.37. The Morgan fingerprint density at radius 2 is 2.17 bits per heavy atom. The van der Waals surface area contributed by atoms with E-state index in [9.17, 15) is 5.11 Å². The number of aromatic nitrogens is 4. The van der Waals surface area contributed by atoms with Crippen molar-refractivity contribution >= 4 is 5.82 Å². The number of nitrogens with zero attached hydrogens (tertiary/aromatic N) is 5. The van der Waals surface area contributed by atoms with Gasteiger partial charge in [-0.3, -0.25) is 0 Å². The fourth-order valence-electron chi connectivity index (χ4n) is 3.28.